The summed E-state index contributed by atoms with van der Waals surface area (Å²) in [4.78, 5) is 26.6. The van der Waals surface area contributed by atoms with Gasteiger partial charge >= 0.3 is 5.97 Å². The minimum atomic E-state index is -0.582. The number of hydrogen-bond donors (Lipinski definition) is 0. The van der Waals surface area contributed by atoms with Crippen LogP contribution in [0.2, 0.25) is 10.0 Å². The molecule has 132 valence electrons. The second-order valence-electron chi connectivity index (χ2n) is 6.04. The lowest BCUT2D eigenvalue weighted by Gasteiger charge is -2.32. The van der Waals surface area contributed by atoms with Crippen LogP contribution in [0.3, 0.4) is 0 Å². The van der Waals surface area contributed by atoms with E-state index in [-0.39, 0.29) is 24.0 Å². The molecule has 0 fully saturated rings. The fraction of sp³-hybridized carbons (Fsp3) is 0.158. The predicted octanol–water partition coefficient (Wildman–Crippen LogP) is 4.46. The van der Waals surface area contributed by atoms with Gasteiger partial charge in [-0.25, -0.2) is 9.18 Å². The average molecular weight is 392 g/mol. The van der Waals surface area contributed by atoms with E-state index in [2.05, 4.69) is 0 Å². The maximum atomic E-state index is 13.5. The van der Waals surface area contributed by atoms with Gasteiger partial charge in [0.1, 0.15) is 12.4 Å². The third kappa shape index (κ3) is 2.68. The van der Waals surface area contributed by atoms with Crippen LogP contribution in [0.4, 0.5) is 10.1 Å². The van der Waals surface area contributed by atoms with Gasteiger partial charge in [0.25, 0.3) is 0 Å². The fourth-order valence-corrected chi connectivity index (χ4v) is 3.84. The molecule has 0 saturated carbocycles. The largest absolute Gasteiger partial charge is 0.456 e. The number of carbonyl (C=O) groups excluding carboxylic acids is 2. The summed E-state index contributed by atoms with van der Waals surface area (Å²) in [6, 6.07) is 11.1. The molecule has 4 rings (SSSR count). The summed E-state index contributed by atoms with van der Waals surface area (Å²) in [5.74, 6) is -1.78. The first-order valence-corrected chi connectivity index (χ1v) is 8.65. The first-order valence-electron chi connectivity index (χ1n) is 7.90. The van der Waals surface area contributed by atoms with Crippen molar-refractivity contribution in [3.8, 4) is 0 Å². The Balaban J connectivity index is 1.86. The highest BCUT2D eigenvalue weighted by Crippen LogP contribution is 2.43. The molecule has 2 aliphatic heterocycles. The third-order valence-corrected chi connectivity index (χ3v) is 5.19. The number of cyclic esters (lactones) is 1. The van der Waals surface area contributed by atoms with Crippen LogP contribution in [0.1, 0.15) is 17.9 Å². The Kier molecular flexibility index (Phi) is 4.21. The van der Waals surface area contributed by atoms with Crippen molar-refractivity contribution in [3.05, 3.63) is 75.2 Å². The Labute approximate surface area is 158 Å². The summed E-state index contributed by atoms with van der Waals surface area (Å²) in [5.41, 5.74) is 1.94. The average Bonchev–Trinajstić information content (AvgIpc) is 2.99. The van der Waals surface area contributed by atoms with Crippen molar-refractivity contribution >= 4 is 40.8 Å². The Hall–Kier alpha value is -2.37. The van der Waals surface area contributed by atoms with Gasteiger partial charge in [0.05, 0.1) is 22.0 Å². The maximum Gasteiger partial charge on any atom is 0.336 e. The van der Waals surface area contributed by atoms with Gasteiger partial charge in [-0.05, 0) is 29.8 Å². The number of benzene rings is 2. The van der Waals surface area contributed by atoms with Crippen molar-refractivity contribution in [2.24, 2.45) is 0 Å². The molecule has 1 atom stereocenters. The van der Waals surface area contributed by atoms with E-state index in [0.29, 0.717) is 27.5 Å². The topological polar surface area (TPSA) is 46.6 Å². The van der Waals surface area contributed by atoms with Crippen molar-refractivity contribution in [2.75, 3.05) is 11.5 Å². The van der Waals surface area contributed by atoms with Gasteiger partial charge in [-0.3, -0.25) is 9.69 Å². The number of amides is 1. The van der Waals surface area contributed by atoms with Crippen LogP contribution < -0.4 is 4.90 Å². The Morgan fingerprint density at radius 3 is 2.58 bits per heavy atom. The third-order valence-electron chi connectivity index (χ3n) is 4.56. The molecule has 2 heterocycles. The normalized spacial score (nSPS) is 19.7. The van der Waals surface area contributed by atoms with Gasteiger partial charge in [-0.1, -0.05) is 41.4 Å². The SMILES string of the molecule is O=C1OCC2=C1C(c1ccccc1Cl)CC(=O)N2c1ccc(F)c(Cl)c1. The molecule has 1 amide bonds. The molecule has 0 radical (unpaired) electrons. The summed E-state index contributed by atoms with van der Waals surface area (Å²) in [6.07, 6.45) is 0.0483. The van der Waals surface area contributed by atoms with Crippen LogP contribution in [0.25, 0.3) is 0 Å². The van der Waals surface area contributed by atoms with Gasteiger partial charge in [-0.15, -0.1) is 0 Å². The van der Waals surface area contributed by atoms with Crippen molar-refractivity contribution in [2.45, 2.75) is 12.3 Å². The van der Waals surface area contributed by atoms with Crippen molar-refractivity contribution in [3.63, 3.8) is 0 Å². The van der Waals surface area contributed by atoms with Crippen molar-refractivity contribution in [1.82, 2.24) is 0 Å². The van der Waals surface area contributed by atoms with Crippen LogP contribution in [-0.2, 0) is 14.3 Å². The molecule has 0 spiro atoms. The summed E-state index contributed by atoms with van der Waals surface area (Å²) in [6.45, 7) is -0.0319. The van der Waals surface area contributed by atoms with Crippen LogP contribution in [0.15, 0.2) is 53.7 Å². The van der Waals surface area contributed by atoms with Crippen molar-refractivity contribution < 1.29 is 18.7 Å². The molecule has 7 heteroatoms. The molecule has 0 aliphatic carbocycles. The first-order chi connectivity index (χ1) is 12.5. The number of esters is 1. The first kappa shape index (κ1) is 17.1. The molecule has 0 bridgehead atoms. The van der Waals surface area contributed by atoms with Gasteiger partial charge in [-0.2, -0.15) is 0 Å². The standard InChI is InChI=1S/C19H12Cl2FNO3/c20-13-4-2-1-3-11(13)12-8-17(24)23(16-9-26-19(25)18(12)16)10-5-6-15(22)14(21)7-10/h1-7,12H,8-9H2. The van der Waals surface area contributed by atoms with E-state index in [0.717, 1.165) is 0 Å². The summed E-state index contributed by atoms with van der Waals surface area (Å²) in [5, 5.41) is 0.381. The van der Waals surface area contributed by atoms with Gasteiger partial charge in [0.15, 0.2) is 0 Å². The number of halogens is 3. The zero-order chi connectivity index (χ0) is 18.4. The minimum absolute atomic E-state index is 0.0319. The van der Waals surface area contributed by atoms with Crippen molar-refractivity contribution in [1.29, 1.82) is 0 Å². The molecule has 2 aromatic carbocycles. The highest BCUT2D eigenvalue weighted by Gasteiger charge is 2.43. The number of anilines is 1. The van der Waals surface area contributed by atoms with Crippen LogP contribution in [0.5, 0.6) is 0 Å². The molecule has 0 N–H and O–H groups in total. The Morgan fingerprint density at radius 1 is 1.08 bits per heavy atom. The summed E-state index contributed by atoms with van der Waals surface area (Å²) in [7, 11) is 0. The molecule has 26 heavy (non-hydrogen) atoms. The smallest absolute Gasteiger partial charge is 0.336 e. The van der Waals surface area contributed by atoms with E-state index in [1.165, 1.54) is 23.1 Å². The fourth-order valence-electron chi connectivity index (χ4n) is 3.40. The summed E-state index contributed by atoms with van der Waals surface area (Å²) < 4.78 is 18.7. The predicted molar refractivity (Wildman–Crippen MR) is 95.7 cm³/mol. The Morgan fingerprint density at radius 2 is 1.85 bits per heavy atom. The van der Waals surface area contributed by atoms with Gasteiger partial charge in [0.2, 0.25) is 5.91 Å². The van der Waals surface area contributed by atoms with E-state index in [4.69, 9.17) is 27.9 Å². The summed E-state index contributed by atoms with van der Waals surface area (Å²) >= 11 is 12.1. The molecule has 2 aromatic rings. The lowest BCUT2D eigenvalue weighted by atomic mass is 9.84. The van der Waals surface area contributed by atoms with E-state index in [9.17, 15) is 14.0 Å². The Bertz CT molecular complexity index is 973. The van der Waals surface area contributed by atoms with Crippen LogP contribution in [-0.4, -0.2) is 18.5 Å². The maximum absolute atomic E-state index is 13.5. The molecule has 2 aliphatic rings. The number of rotatable bonds is 2. The van der Waals surface area contributed by atoms with E-state index >= 15 is 0 Å². The van der Waals surface area contributed by atoms with E-state index in [1.807, 2.05) is 0 Å². The monoisotopic (exact) mass is 391 g/mol. The molecular weight excluding hydrogens is 380 g/mol. The van der Waals surface area contributed by atoms with Crippen LogP contribution in [0, 0.1) is 5.82 Å². The lowest BCUT2D eigenvalue weighted by Crippen LogP contribution is -2.37. The van der Waals surface area contributed by atoms with E-state index in [1.54, 1.807) is 24.3 Å². The molecule has 0 aromatic heterocycles. The number of nitrogens with zero attached hydrogens (tertiary/aromatic N) is 1. The number of carbonyl (C=O) groups is 2. The quantitative estimate of drug-likeness (QED) is 0.709. The second-order valence-corrected chi connectivity index (χ2v) is 6.86. The highest BCUT2D eigenvalue weighted by atomic mass is 35.5. The number of hydrogen-bond acceptors (Lipinski definition) is 3. The molecular formula is C19H12Cl2FNO3. The van der Waals surface area contributed by atoms with Gasteiger partial charge < -0.3 is 4.74 Å². The van der Waals surface area contributed by atoms with E-state index < -0.39 is 17.7 Å². The second kappa shape index (κ2) is 6.41. The molecule has 0 saturated heterocycles. The zero-order valence-corrected chi connectivity index (χ0v) is 14.9. The molecule has 4 nitrogen and oxygen atoms in total. The number of ether oxygens (including phenoxy) is 1. The minimum Gasteiger partial charge on any atom is -0.456 e. The molecule has 1 unspecified atom stereocenters. The highest BCUT2D eigenvalue weighted by molar-refractivity contribution is 6.31. The zero-order valence-electron chi connectivity index (χ0n) is 13.3. The van der Waals surface area contributed by atoms with Gasteiger partial charge in [0, 0.05) is 17.4 Å². The lowest BCUT2D eigenvalue weighted by molar-refractivity contribution is -0.136. The van der Waals surface area contributed by atoms with Crippen LogP contribution >= 0.6 is 23.2 Å².